The first-order chi connectivity index (χ1) is 15.7. The van der Waals surface area contributed by atoms with Crippen LogP contribution in [0.3, 0.4) is 0 Å². The summed E-state index contributed by atoms with van der Waals surface area (Å²) in [5, 5.41) is 0. The van der Waals surface area contributed by atoms with E-state index in [2.05, 4.69) is 60.8 Å². The summed E-state index contributed by atoms with van der Waals surface area (Å²) in [7, 11) is 0. The van der Waals surface area contributed by atoms with Gasteiger partial charge in [-0.25, -0.2) is 4.98 Å². The quantitative estimate of drug-likeness (QED) is 0.720. The maximum Gasteiger partial charge on any atom is 0.236 e. The first kappa shape index (κ1) is 21.3. The van der Waals surface area contributed by atoms with Gasteiger partial charge in [-0.05, 0) is 19.8 Å². The van der Waals surface area contributed by atoms with E-state index in [9.17, 15) is 4.79 Å². The molecular formula is C25H34N6O. The molecule has 3 aliphatic rings. The van der Waals surface area contributed by atoms with Crippen molar-refractivity contribution in [3.05, 3.63) is 42.2 Å². The molecule has 170 valence electrons. The largest absolute Gasteiger partial charge is 0.353 e. The number of aryl methyl sites for hydroxylation is 1. The highest BCUT2D eigenvalue weighted by atomic mass is 16.2. The van der Waals surface area contributed by atoms with Crippen molar-refractivity contribution in [1.82, 2.24) is 24.7 Å². The molecule has 2 aliphatic heterocycles. The summed E-state index contributed by atoms with van der Waals surface area (Å²) < 4.78 is 0. The predicted octanol–water partition coefficient (Wildman–Crippen LogP) is 2.27. The van der Waals surface area contributed by atoms with Gasteiger partial charge in [0.05, 0.1) is 24.6 Å². The van der Waals surface area contributed by atoms with Gasteiger partial charge in [-0.1, -0.05) is 36.2 Å². The van der Waals surface area contributed by atoms with E-state index in [0.29, 0.717) is 6.54 Å². The summed E-state index contributed by atoms with van der Waals surface area (Å²) in [6.45, 7) is 10.0. The predicted molar refractivity (Wildman–Crippen MR) is 127 cm³/mol. The van der Waals surface area contributed by atoms with Crippen molar-refractivity contribution in [1.29, 1.82) is 0 Å². The molecule has 7 nitrogen and oxygen atoms in total. The monoisotopic (exact) mass is 434 g/mol. The zero-order chi connectivity index (χ0) is 21.9. The lowest BCUT2D eigenvalue weighted by atomic mass is 9.91. The van der Waals surface area contributed by atoms with E-state index in [0.717, 1.165) is 75.5 Å². The number of benzene rings is 1. The van der Waals surface area contributed by atoms with E-state index >= 15 is 0 Å². The zero-order valence-electron chi connectivity index (χ0n) is 19.1. The second kappa shape index (κ2) is 9.55. The fourth-order valence-electron chi connectivity index (χ4n) is 4.87. The molecular weight excluding hydrogens is 400 g/mol. The summed E-state index contributed by atoms with van der Waals surface area (Å²) in [6, 6.07) is 9.15. The van der Waals surface area contributed by atoms with Crippen LogP contribution >= 0.6 is 0 Å². The van der Waals surface area contributed by atoms with Crippen LogP contribution in [0.25, 0.3) is 11.3 Å². The lowest BCUT2D eigenvalue weighted by Crippen LogP contribution is -2.56. The van der Waals surface area contributed by atoms with Crippen molar-refractivity contribution >= 4 is 11.7 Å². The fraction of sp³-hybridized carbons (Fsp3) is 0.560. The molecule has 1 aromatic carbocycles. The SMILES string of the molecule is Cc1ccc(-c2cnc(N3CCN(CC(=O)N4CCN(C5CCC5)CC4)CC3)cn2)cc1. The normalized spacial score (nSPS) is 20.9. The molecule has 0 bridgehead atoms. The van der Waals surface area contributed by atoms with Crippen molar-refractivity contribution in [2.24, 2.45) is 0 Å². The molecule has 0 spiro atoms. The van der Waals surface area contributed by atoms with E-state index in [4.69, 9.17) is 0 Å². The average Bonchev–Trinajstić information content (AvgIpc) is 2.80. The van der Waals surface area contributed by atoms with Crippen molar-refractivity contribution < 1.29 is 4.79 Å². The van der Waals surface area contributed by atoms with Crippen LogP contribution in [0.4, 0.5) is 5.82 Å². The number of aromatic nitrogens is 2. The van der Waals surface area contributed by atoms with Gasteiger partial charge in [0.2, 0.25) is 5.91 Å². The van der Waals surface area contributed by atoms with E-state index in [1.165, 1.54) is 24.8 Å². The smallest absolute Gasteiger partial charge is 0.236 e. The summed E-state index contributed by atoms with van der Waals surface area (Å²) in [6.07, 6.45) is 7.80. The van der Waals surface area contributed by atoms with Crippen LogP contribution < -0.4 is 4.90 Å². The Morgan fingerprint density at radius 2 is 1.62 bits per heavy atom. The zero-order valence-corrected chi connectivity index (χ0v) is 19.1. The van der Waals surface area contributed by atoms with Crippen LogP contribution in [0.2, 0.25) is 0 Å². The van der Waals surface area contributed by atoms with Gasteiger partial charge in [0.25, 0.3) is 0 Å². The molecule has 0 radical (unpaired) electrons. The Kier molecular flexibility index (Phi) is 6.37. The van der Waals surface area contributed by atoms with Crippen LogP contribution in [0.5, 0.6) is 0 Å². The van der Waals surface area contributed by atoms with Crippen LogP contribution in [0.15, 0.2) is 36.7 Å². The first-order valence-corrected chi connectivity index (χ1v) is 12.0. The third-order valence-corrected chi connectivity index (χ3v) is 7.30. The van der Waals surface area contributed by atoms with Crippen LogP contribution in [-0.2, 0) is 4.79 Å². The number of carbonyl (C=O) groups excluding carboxylic acids is 1. The number of anilines is 1. The lowest BCUT2D eigenvalue weighted by molar-refractivity contribution is -0.134. The topological polar surface area (TPSA) is 55.8 Å². The summed E-state index contributed by atoms with van der Waals surface area (Å²) in [5.74, 6) is 1.20. The number of nitrogens with zero attached hydrogens (tertiary/aromatic N) is 6. The molecule has 3 fully saturated rings. The van der Waals surface area contributed by atoms with E-state index in [1.54, 1.807) is 0 Å². The van der Waals surface area contributed by atoms with Gasteiger partial charge < -0.3 is 9.80 Å². The minimum Gasteiger partial charge on any atom is -0.353 e. The number of hydrogen-bond donors (Lipinski definition) is 0. The molecule has 2 saturated heterocycles. The molecule has 0 N–H and O–H groups in total. The number of rotatable bonds is 5. The molecule has 1 aliphatic carbocycles. The molecule has 1 aromatic heterocycles. The Hall–Kier alpha value is -2.51. The number of hydrogen-bond acceptors (Lipinski definition) is 6. The maximum absolute atomic E-state index is 12.8. The first-order valence-electron chi connectivity index (χ1n) is 12.0. The fourth-order valence-corrected chi connectivity index (χ4v) is 4.87. The third kappa shape index (κ3) is 4.79. The van der Waals surface area contributed by atoms with Crippen molar-refractivity contribution in [3.63, 3.8) is 0 Å². The molecule has 3 heterocycles. The van der Waals surface area contributed by atoms with Gasteiger partial charge in [-0.3, -0.25) is 19.6 Å². The maximum atomic E-state index is 12.8. The van der Waals surface area contributed by atoms with E-state index < -0.39 is 0 Å². The average molecular weight is 435 g/mol. The van der Waals surface area contributed by atoms with Gasteiger partial charge in [-0.15, -0.1) is 0 Å². The van der Waals surface area contributed by atoms with Crippen LogP contribution in [-0.4, -0.2) is 95.5 Å². The highest BCUT2D eigenvalue weighted by Gasteiger charge is 2.30. The van der Waals surface area contributed by atoms with Crippen molar-refractivity contribution in [2.45, 2.75) is 32.2 Å². The van der Waals surface area contributed by atoms with Gasteiger partial charge in [0.15, 0.2) is 0 Å². The van der Waals surface area contributed by atoms with Gasteiger partial charge in [0.1, 0.15) is 5.82 Å². The number of amides is 1. The minimum absolute atomic E-state index is 0.286. The second-order valence-electron chi connectivity index (χ2n) is 9.39. The minimum atomic E-state index is 0.286. The highest BCUT2D eigenvalue weighted by molar-refractivity contribution is 5.78. The number of piperazine rings is 2. The van der Waals surface area contributed by atoms with Crippen LogP contribution in [0, 0.1) is 6.92 Å². The molecule has 0 unspecified atom stereocenters. The van der Waals surface area contributed by atoms with E-state index in [1.807, 2.05) is 12.4 Å². The van der Waals surface area contributed by atoms with Gasteiger partial charge in [-0.2, -0.15) is 0 Å². The Bertz CT molecular complexity index is 895. The molecule has 7 heteroatoms. The van der Waals surface area contributed by atoms with Gasteiger partial charge in [0, 0.05) is 64.0 Å². The molecule has 1 saturated carbocycles. The molecule has 32 heavy (non-hydrogen) atoms. The Labute approximate surface area is 191 Å². The molecule has 1 amide bonds. The van der Waals surface area contributed by atoms with Crippen molar-refractivity contribution in [2.75, 3.05) is 63.8 Å². The van der Waals surface area contributed by atoms with Gasteiger partial charge >= 0.3 is 0 Å². The van der Waals surface area contributed by atoms with Crippen molar-refractivity contribution in [3.8, 4) is 11.3 Å². The van der Waals surface area contributed by atoms with Crippen LogP contribution in [0.1, 0.15) is 24.8 Å². The lowest BCUT2D eigenvalue weighted by Gasteiger charge is -2.43. The summed E-state index contributed by atoms with van der Waals surface area (Å²) >= 11 is 0. The second-order valence-corrected chi connectivity index (χ2v) is 9.39. The molecule has 0 atom stereocenters. The Morgan fingerprint density at radius 3 is 2.22 bits per heavy atom. The van der Waals surface area contributed by atoms with E-state index in [-0.39, 0.29) is 5.91 Å². The standard InChI is InChI=1S/C25H34N6O/c1-20-5-7-21(8-6-20)23-17-27-24(18-26-23)30-11-9-28(10-12-30)19-25(32)31-15-13-29(14-16-31)22-3-2-4-22/h5-8,17-18,22H,2-4,9-16,19H2,1H3. The Morgan fingerprint density at radius 1 is 0.906 bits per heavy atom. The third-order valence-electron chi connectivity index (χ3n) is 7.30. The summed E-state index contributed by atoms with van der Waals surface area (Å²) in [4.78, 5) is 31.3. The number of carbonyl (C=O) groups is 1. The molecule has 2 aromatic rings. The highest BCUT2D eigenvalue weighted by Crippen LogP contribution is 2.25. The Balaban J connectivity index is 1.08. The molecule has 5 rings (SSSR count). The summed E-state index contributed by atoms with van der Waals surface area (Å²) in [5.41, 5.74) is 3.23.